The van der Waals surface area contributed by atoms with Crippen molar-refractivity contribution >= 4 is 34.8 Å². The predicted molar refractivity (Wildman–Crippen MR) is 74.9 cm³/mol. The van der Waals surface area contributed by atoms with Gasteiger partial charge in [0.1, 0.15) is 5.15 Å². The average molecular weight is 299 g/mol. The number of rotatable bonds is 2. The molecule has 2 aromatic rings. The van der Waals surface area contributed by atoms with Crippen molar-refractivity contribution in [1.82, 2.24) is 14.8 Å². The van der Waals surface area contributed by atoms with Crippen LogP contribution in [0, 0.1) is 13.8 Å². The van der Waals surface area contributed by atoms with E-state index in [1.807, 2.05) is 6.92 Å². The molecule has 0 aliphatic rings. The van der Waals surface area contributed by atoms with E-state index in [4.69, 9.17) is 23.2 Å². The molecule has 2 aromatic heterocycles. The molecule has 0 bridgehead atoms. The highest BCUT2D eigenvalue weighted by molar-refractivity contribution is 6.35. The lowest BCUT2D eigenvalue weighted by Crippen LogP contribution is -2.14. The molecule has 0 aliphatic heterocycles. The topological polar surface area (TPSA) is 59.8 Å². The molecule has 2 rings (SSSR count). The second kappa shape index (κ2) is 5.19. The first kappa shape index (κ1) is 13.8. The third kappa shape index (κ3) is 2.72. The second-order valence-electron chi connectivity index (χ2n) is 4.15. The first-order valence-electron chi connectivity index (χ1n) is 5.52. The van der Waals surface area contributed by atoms with Gasteiger partial charge in [0.05, 0.1) is 17.4 Å². The van der Waals surface area contributed by atoms with Crippen molar-refractivity contribution in [2.24, 2.45) is 7.05 Å². The van der Waals surface area contributed by atoms with Crippen LogP contribution in [0.2, 0.25) is 10.3 Å². The van der Waals surface area contributed by atoms with Crippen LogP contribution in [0.1, 0.15) is 21.6 Å². The van der Waals surface area contributed by atoms with E-state index in [9.17, 15) is 4.79 Å². The number of carbonyl (C=O) groups excluding carboxylic acids is 1. The Kier molecular flexibility index (Phi) is 3.78. The van der Waals surface area contributed by atoms with E-state index in [2.05, 4.69) is 15.4 Å². The van der Waals surface area contributed by atoms with E-state index in [-0.39, 0.29) is 16.2 Å². The number of amides is 1. The lowest BCUT2D eigenvalue weighted by atomic mass is 10.2. The Hall–Kier alpha value is -1.59. The SMILES string of the molecule is Cc1cc(Cl)nc(Cl)c1NC(=O)c1cnn(C)c1C. The quantitative estimate of drug-likeness (QED) is 0.867. The van der Waals surface area contributed by atoms with Crippen molar-refractivity contribution in [3.05, 3.63) is 39.4 Å². The molecule has 2 heterocycles. The molecule has 0 radical (unpaired) electrons. The van der Waals surface area contributed by atoms with Gasteiger partial charge in [0.15, 0.2) is 5.15 Å². The lowest BCUT2D eigenvalue weighted by molar-refractivity contribution is 0.102. The third-order valence-corrected chi connectivity index (χ3v) is 3.33. The van der Waals surface area contributed by atoms with Crippen LogP contribution >= 0.6 is 23.2 Å². The molecule has 100 valence electrons. The monoisotopic (exact) mass is 298 g/mol. The van der Waals surface area contributed by atoms with E-state index in [1.54, 1.807) is 24.7 Å². The number of nitrogens with zero attached hydrogens (tertiary/aromatic N) is 3. The minimum Gasteiger partial charge on any atom is -0.319 e. The number of hydrogen-bond acceptors (Lipinski definition) is 3. The van der Waals surface area contributed by atoms with Gasteiger partial charge in [-0.05, 0) is 25.5 Å². The van der Waals surface area contributed by atoms with Crippen LogP contribution in [0.25, 0.3) is 0 Å². The maximum Gasteiger partial charge on any atom is 0.259 e. The molecule has 0 atom stereocenters. The van der Waals surface area contributed by atoms with E-state index >= 15 is 0 Å². The van der Waals surface area contributed by atoms with Gasteiger partial charge < -0.3 is 5.32 Å². The Bertz CT molecular complexity index is 628. The zero-order valence-corrected chi connectivity index (χ0v) is 12.2. The van der Waals surface area contributed by atoms with Gasteiger partial charge in [0, 0.05) is 12.7 Å². The van der Waals surface area contributed by atoms with Gasteiger partial charge in [0.2, 0.25) is 0 Å². The summed E-state index contributed by atoms with van der Waals surface area (Å²) in [6, 6.07) is 1.64. The number of carbonyl (C=O) groups is 1. The average Bonchev–Trinajstić information content (AvgIpc) is 2.64. The van der Waals surface area contributed by atoms with Crippen molar-refractivity contribution in [3.8, 4) is 0 Å². The number of anilines is 1. The number of pyridine rings is 1. The molecule has 0 spiro atoms. The van der Waals surface area contributed by atoms with Gasteiger partial charge in [-0.1, -0.05) is 23.2 Å². The summed E-state index contributed by atoms with van der Waals surface area (Å²) in [6.07, 6.45) is 1.51. The summed E-state index contributed by atoms with van der Waals surface area (Å²) in [7, 11) is 1.77. The summed E-state index contributed by atoms with van der Waals surface area (Å²) in [6.45, 7) is 3.61. The largest absolute Gasteiger partial charge is 0.319 e. The highest BCUT2D eigenvalue weighted by Gasteiger charge is 2.16. The van der Waals surface area contributed by atoms with Crippen LogP contribution < -0.4 is 5.32 Å². The van der Waals surface area contributed by atoms with E-state index in [0.29, 0.717) is 11.3 Å². The number of nitrogens with one attached hydrogen (secondary N) is 1. The second-order valence-corrected chi connectivity index (χ2v) is 4.89. The van der Waals surface area contributed by atoms with Crippen LogP contribution in [-0.4, -0.2) is 20.7 Å². The Morgan fingerprint density at radius 1 is 1.37 bits per heavy atom. The number of aromatic nitrogens is 3. The van der Waals surface area contributed by atoms with Crippen LogP contribution in [0.5, 0.6) is 0 Å². The molecule has 1 amide bonds. The minimum absolute atomic E-state index is 0.167. The third-order valence-electron chi connectivity index (χ3n) is 2.86. The maximum absolute atomic E-state index is 12.2. The van der Waals surface area contributed by atoms with Gasteiger partial charge in [-0.2, -0.15) is 5.10 Å². The highest BCUT2D eigenvalue weighted by Crippen LogP contribution is 2.27. The number of halogens is 2. The van der Waals surface area contributed by atoms with Crippen LogP contribution in [0.4, 0.5) is 5.69 Å². The normalized spacial score (nSPS) is 10.6. The molecule has 19 heavy (non-hydrogen) atoms. The Balaban J connectivity index is 2.32. The predicted octanol–water partition coefficient (Wildman–Crippen LogP) is 2.99. The Morgan fingerprint density at radius 2 is 2.05 bits per heavy atom. The molecular formula is C12H12Cl2N4O. The molecule has 0 aliphatic carbocycles. The van der Waals surface area contributed by atoms with Crippen LogP contribution in [0.3, 0.4) is 0 Å². The zero-order chi connectivity index (χ0) is 14.2. The molecule has 7 heteroatoms. The van der Waals surface area contributed by atoms with E-state index < -0.39 is 0 Å². The lowest BCUT2D eigenvalue weighted by Gasteiger charge is -2.10. The number of aryl methyl sites for hydroxylation is 2. The molecule has 1 N–H and O–H groups in total. The van der Waals surface area contributed by atoms with E-state index in [0.717, 1.165) is 11.3 Å². The van der Waals surface area contributed by atoms with Crippen molar-refractivity contribution in [1.29, 1.82) is 0 Å². The maximum atomic E-state index is 12.2. The fourth-order valence-corrected chi connectivity index (χ4v) is 2.23. The summed E-state index contributed by atoms with van der Waals surface area (Å²) in [4.78, 5) is 16.1. The first-order chi connectivity index (χ1) is 8.90. The molecular weight excluding hydrogens is 287 g/mol. The van der Waals surface area contributed by atoms with Gasteiger partial charge in [-0.25, -0.2) is 4.98 Å². The standard InChI is InChI=1S/C12H12Cl2N4O/c1-6-4-9(13)16-11(14)10(6)17-12(19)8-5-15-18(3)7(8)2/h4-5H,1-3H3,(H,17,19). The summed E-state index contributed by atoms with van der Waals surface area (Å²) >= 11 is 11.8. The molecule has 0 saturated carbocycles. The molecule has 0 aromatic carbocycles. The summed E-state index contributed by atoms with van der Waals surface area (Å²) < 4.78 is 1.63. The molecule has 5 nitrogen and oxygen atoms in total. The summed E-state index contributed by atoms with van der Waals surface area (Å²) in [5.74, 6) is -0.278. The minimum atomic E-state index is -0.278. The molecule has 0 fully saturated rings. The van der Waals surface area contributed by atoms with Gasteiger partial charge >= 0.3 is 0 Å². The summed E-state index contributed by atoms with van der Waals surface area (Å²) in [5, 5.41) is 7.21. The van der Waals surface area contributed by atoms with Gasteiger partial charge in [0.25, 0.3) is 5.91 Å². The summed E-state index contributed by atoms with van der Waals surface area (Å²) in [5.41, 5.74) is 2.47. The smallest absolute Gasteiger partial charge is 0.259 e. The number of hydrogen-bond donors (Lipinski definition) is 1. The highest BCUT2D eigenvalue weighted by atomic mass is 35.5. The molecule has 0 unspecified atom stereocenters. The van der Waals surface area contributed by atoms with E-state index in [1.165, 1.54) is 6.20 Å². The van der Waals surface area contributed by atoms with Crippen LogP contribution in [-0.2, 0) is 7.05 Å². The van der Waals surface area contributed by atoms with Crippen molar-refractivity contribution in [2.75, 3.05) is 5.32 Å². The first-order valence-corrected chi connectivity index (χ1v) is 6.28. The zero-order valence-electron chi connectivity index (χ0n) is 10.7. The molecule has 0 saturated heterocycles. The fraction of sp³-hybridized carbons (Fsp3) is 0.250. The van der Waals surface area contributed by atoms with Gasteiger partial charge in [-0.3, -0.25) is 9.48 Å². The van der Waals surface area contributed by atoms with Crippen LogP contribution in [0.15, 0.2) is 12.3 Å². The Morgan fingerprint density at radius 3 is 2.58 bits per heavy atom. The fourth-order valence-electron chi connectivity index (χ4n) is 1.65. The van der Waals surface area contributed by atoms with Gasteiger partial charge in [-0.15, -0.1) is 0 Å². The Labute approximate surface area is 120 Å². The van der Waals surface area contributed by atoms with Crippen molar-refractivity contribution in [3.63, 3.8) is 0 Å². The van der Waals surface area contributed by atoms with Crippen molar-refractivity contribution < 1.29 is 4.79 Å². The van der Waals surface area contributed by atoms with Crippen molar-refractivity contribution in [2.45, 2.75) is 13.8 Å².